The van der Waals surface area contributed by atoms with Crippen LogP contribution in [0.2, 0.25) is 0 Å². The van der Waals surface area contributed by atoms with Crippen molar-refractivity contribution in [2.45, 2.75) is 32.8 Å². The third-order valence-electron chi connectivity index (χ3n) is 5.85. The van der Waals surface area contributed by atoms with Crippen molar-refractivity contribution in [2.75, 3.05) is 6.61 Å². The van der Waals surface area contributed by atoms with E-state index in [1.165, 1.54) is 23.7 Å². The van der Waals surface area contributed by atoms with Crippen LogP contribution < -0.4 is 20.1 Å². The van der Waals surface area contributed by atoms with Gasteiger partial charge in [0.15, 0.2) is 11.4 Å². The zero-order chi connectivity index (χ0) is 26.6. The van der Waals surface area contributed by atoms with Crippen LogP contribution >= 0.6 is 0 Å². The number of hydrogen-bond acceptors (Lipinski definition) is 7. The lowest BCUT2D eigenvalue weighted by molar-refractivity contribution is -0.121. The lowest BCUT2D eigenvalue weighted by Gasteiger charge is -2.17. The van der Waals surface area contributed by atoms with Gasteiger partial charge >= 0.3 is 0 Å². The Morgan fingerprint density at radius 1 is 1.05 bits per heavy atom. The highest BCUT2D eigenvalue weighted by molar-refractivity contribution is 5.98. The van der Waals surface area contributed by atoms with E-state index in [-0.39, 0.29) is 36.9 Å². The van der Waals surface area contributed by atoms with Gasteiger partial charge in [0.1, 0.15) is 29.5 Å². The van der Waals surface area contributed by atoms with Crippen LogP contribution in [0.4, 0.5) is 4.39 Å². The van der Waals surface area contributed by atoms with E-state index in [1.807, 2.05) is 12.1 Å². The van der Waals surface area contributed by atoms with Gasteiger partial charge in [-0.05, 0) is 35.4 Å². The van der Waals surface area contributed by atoms with Gasteiger partial charge in [-0.3, -0.25) is 14.4 Å². The van der Waals surface area contributed by atoms with Crippen molar-refractivity contribution in [3.8, 4) is 11.5 Å². The number of carbonyl (C=O) groups excluding carboxylic acids is 3. The maximum atomic E-state index is 13.0. The molecule has 0 saturated carbocycles. The van der Waals surface area contributed by atoms with Gasteiger partial charge in [0.05, 0.1) is 6.20 Å². The van der Waals surface area contributed by atoms with E-state index in [0.29, 0.717) is 23.6 Å². The van der Waals surface area contributed by atoms with E-state index < -0.39 is 18.2 Å². The molecule has 11 heteroatoms. The van der Waals surface area contributed by atoms with Gasteiger partial charge in [-0.25, -0.2) is 13.9 Å². The summed E-state index contributed by atoms with van der Waals surface area (Å²) in [6, 6.07) is 15.1. The molecule has 10 nitrogen and oxygen atoms in total. The molecule has 5 rings (SSSR count). The highest BCUT2D eigenvalue weighted by Crippen LogP contribution is 2.24. The number of halogens is 1. The second-order valence-corrected chi connectivity index (χ2v) is 8.74. The number of rotatable bonds is 8. The van der Waals surface area contributed by atoms with Crippen LogP contribution in [-0.2, 0) is 24.3 Å². The molecule has 0 radical (unpaired) electrons. The second kappa shape index (κ2) is 10.7. The van der Waals surface area contributed by atoms with E-state index in [1.54, 1.807) is 36.4 Å². The fourth-order valence-corrected chi connectivity index (χ4v) is 4.05. The van der Waals surface area contributed by atoms with Gasteiger partial charge in [-0.15, -0.1) is 0 Å². The minimum Gasteiger partial charge on any atom is -0.486 e. The molecule has 2 aromatic heterocycles. The van der Waals surface area contributed by atoms with Crippen LogP contribution in [0.15, 0.2) is 60.8 Å². The Bertz CT molecular complexity index is 1520. The maximum absolute atomic E-state index is 13.0. The molecule has 2 aromatic carbocycles. The van der Waals surface area contributed by atoms with Crippen LogP contribution in [0.5, 0.6) is 11.5 Å². The summed E-state index contributed by atoms with van der Waals surface area (Å²) in [7, 11) is 0. The molecule has 0 fully saturated rings. The fourth-order valence-electron chi connectivity index (χ4n) is 4.05. The molecule has 3 heterocycles. The van der Waals surface area contributed by atoms with Gasteiger partial charge in [-0.1, -0.05) is 18.2 Å². The Kier molecular flexibility index (Phi) is 6.98. The number of fused-ring (bicyclic) bond motifs is 2. The predicted molar refractivity (Wildman–Crippen MR) is 134 cm³/mol. The molecule has 1 aliphatic rings. The second-order valence-electron chi connectivity index (χ2n) is 8.74. The highest BCUT2D eigenvalue weighted by atomic mass is 19.1. The number of hydrogen-bond donors (Lipinski definition) is 2. The van der Waals surface area contributed by atoms with E-state index in [4.69, 9.17) is 9.47 Å². The lowest BCUT2D eigenvalue weighted by Crippen LogP contribution is -2.28. The Balaban J connectivity index is 1.27. The number of benzene rings is 2. The lowest BCUT2D eigenvalue weighted by atomic mass is 10.0. The van der Waals surface area contributed by atoms with E-state index in [9.17, 15) is 18.8 Å². The van der Waals surface area contributed by atoms with Crippen LogP contribution in [0, 0.1) is 0 Å². The Morgan fingerprint density at radius 3 is 2.58 bits per heavy atom. The molecule has 38 heavy (non-hydrogen) atoms. The van der Waals surface area contributed by atoms with Crippen LogP contribution in [0.3, 0.4) is 0 Å². The number of ether oxygens (including phenoxy) is 2. The van der Waals surface area contributed by atoms with Crippen molar-refractivity contribution in [3.63, 3.8) is 0 Å². The van der Waals surface area contributed by atoms with Gasteiger partial charge < -0.3 is 20.1 Å². The summed E-state index contributed by atoms with van der Waals surface area (Å²) in [6.07, 6.45) is 0.361. The number of alkyl halides is 1. The van der Waals surface area contributed by atoms with Gasteiger partial charge in [-0.2, -0.15) is 5.10 Å². The first-order valence-corrected chi connectivity index (χ1v) is 11.9. The Hall–Kier alpha value is -4.80. The number of amides is 2. The van der Waals surface area contributed by atoms with Gasteiger partial charge in [0, 0.05) is 44.1 Å². The minimum atomic E-state index is -1.42. The SMILES string of the molecule is CC(F)Oc1ccc(CNC(=O)c2cc(C(=O)NCc3ccc4c(c3)CC(=O)CO4)nc3ccnn23)cc1. The molecule has 0 spiro atoms. The van der Waals surface area contributed by atoms with E-state index in [2.05, 4.69) is 20.7 Å². The number of nitrogens with zero attached hydrogens (tertiary/aromatic N) is 3. The zero-order valence-corrected chi connectivity index (χ0v) is 20.4. The summed E-state index contributed by atoms with van der Waals surface area (Å²) in [5.41, 5.74) is 2.90. The maximum Gasteiger partial charge on any atom is 0.270 e. The van der Waals surface area contributed by atoms with E-state index in [0.717, 1.165) is 16.7 Å². The zero-order valence-electron chi connectivity index (χ0n) is 20.4. The van der Waals surface area contributed by atoms with Crippen molar-refractivity contribution < 1.29 is 28.2 Å². The molecule has 0 saturated heterocycles. The summed E-state index contributed by atoms with van der Waals surface area (Å²) in [6.45, 7) is 1.76. The van der Waals surface area contributed by atoms with Crippen molar-refractivity contribution in [1.82, 2.24) is 25.2 Å². The third kappa shape index (κ3) is 5.61. The smallest absolute Gasteiger partial charge is 0.270 e. The Morgan fingerprint density at radius 2 is 1.79 bits per heavy atom. The van der Waals surface area contributed by atoms with Crippen molar-refractivity contribution >= 4 is 23.2 Å². The molecule has 1 atom stereocenters. The summed E-state index contributed by atoms with van der Waals surface area (Å²) in [5, 5.41) is 9.75. The van der Waals surface area contributed by atoms with Crippen molar-refractivity contribution in [3.05, 3.63) is 88.9 Å². The molecule has 1 unspecified atom stereocenters. The van der Waals surface area contributed by atoms with Crippen LogP contribution in [0.1, 0.15) is 44.6 Å². The topological polar surface area (TPSA) is 124 Å². The third-order valence-corrected chi connectivity index (χ3v) is 5.85. The minimum absolute atomic E-state index is 0.000246. The molecule has 1 aliphatic heterocycles. The number of Topliss-reactive ketones (excluding diaryl/α,β-unsaturated/α-hetero) is 1. The normalized spacial score (nSPS) is 13.4. The molecule has 2 amide bonds. The average Bonchev–Trinajstić information content (AvgIpc) is 3.39. The van der Waals surface area contributed by atoms with Crippen LogP contribution in [-0.4, -0.2) is 45.2 Å². The molecule has 194 valence electrons. The first kappa shape index (κ1) is 24.9. The molecular weight excluding hydrogens is 493 g/mol. The molecular formula is C27H24FN5O5. The number of ketones is 1. The van der Waals surface area contributed by atoms with Gasteiger partial charge in [0.25, 0.3) is 11.8 Å². The fraction of sp³-hybridized carbons (Fsp3) is 0.222. The average molecular weight is 518 g/mol. The monoisotopic (exact) mass is 517 g/mol. The van der Waals surface area contributed by atoms with Crippen molar-refractivity contribution in [2.24, 2.45) is 0 Å². The molecule has 4 aromatic rings. The van der Waals surface area contributed by atoms with Crippen molar-refractivity contribution in [1.29, 1.82) is 0 Å². The number of carbonyl (C=O) groups is 3. The highest BCUT2D eigenvalue weighted by Gasteiger charge is 2.19. The predicted octanol–water partition coefficient (Wildman–Crippen LogP) is 2.79. The molecule has 0 aliphatic carbocycles. The summed E-state index contributed by atoms with van der Waals surface area (Å²) in [4.78, 5) is 41.9. The van der Waals surface area contributed by atoms with Crippen LogP contribution in [0.25, 0.3) is 5.65 Å². The number of nitrogens with one attached hydrogen (secondary N) is 2. The first-order valence-electron chi connectivity index (χ1n) is 11.9. The Labute approximate surface area is 216 Å². The molecule has 2 N–H and O–H groups in total. The largest absolute Gasteiger partial charge is 0.486 e. The summed E-state index contributed by atoms with van der Waals surface area (Å²) < 4.78 is 24.7. The quantitative estimate of drug-likeness (QED) is 0.368. The number of aromatic nitrogens is 3. The van der Waals surface area contributed by atoms with Gasteiger partial charge in [0.2, 0.25) is 6.36 Å². The standard InChI is InChI=1S/C27H24FN5O5/c1-16(28)38-21-5-2-17(3-6-21)13-30-27(36)23-12-22(32-25-8-9-31-33(23)25)26(35)29-14-18-4-7-24-19(10-18)11-20(34)15-37-24/h2-10,12,16H,11,13-15H2,1H3,(H,29,35)(H,30,36). The first-order chi connectivity index (χ1) is 18.4. The van der Waals surface area contributed by atoms with E-state index >= 15 is 0 Å². The molecule has 0 bridgehead atoms. The summed E-state index contributed by atoms with van der Waals surface area (Å²) >= 11 is 0. The summed E-state index contributed by atoms with van der Waals surface area (Å²) in [5.74, 6) is 0.134.